The summed E-state index contributed by atoms with van der Waals surface area (Å²) in [7, 11) is 0. The maximum Gasteiger partial charge on any atom is 0.215 e. The Morgan fingerprint density at radius 3 is 2.78 bits per heavy atom. The van der Waals surface area contributed by atoms with E-state index < -0.39 is 0 Å². The average molecular weight is 244 g/mol. The molecule has 0 fully saturated rings. The Kier molecular flexibility index (Phi) is 4.49. The van der Waals surface area contributed by atoms with Gasteiger partial charge in [0.25, 0.3) is 0 Å². The standard InChI is InChI=1S/C13H16N4O/c14-17-12-4-1-5-13(16-12)18-10-2-3-11-6-8-15-9-7-11/h1,4-9H,2-3,10,14H2,(H,16,17). The van der Waals surface area contributed by atoms with Gasteiger partial charge in [0.2, 0.25) is 5.88 Å². The van der Waals surface area contributed by atoms with Crippen molar-refractivity contribution in [1.82, 2.24) is 9.97 Å². The summed E-state index contributed by atoms with van der Waals surface area (Å²) in [5.74, 6) is 6.46. The summed E-state index contributed by atoms with van der Waals surface area (Å²) < 4.78 is 5.55. The topological polar surface area (TPSA) is 73.1 Å². The van der Waals surface area contributed by atoms with Gasteiger partial charge in [0.1, 0.15) is 5.82 Å². The average Bonchev–Trinajstić information content (AvgIpc) is 2.45. The number of rotatable bonds is 6. The van der Waals surface area contributed by atoms with Crippen molar-refractivity contribution in [2.24, 2.45) is 5.84 Å². The number of nitrogens with one attached hydrogen (secondary N) is 1. The summed E-state index contributed by atoms with van der Waals surface area (Å²) in [4.78, 5) is 8.15. The molecular formula is C13H16N4O. The highest BCUT2D eigenvalue weighted by atomic mass is 16.5. The van der Waals surface area contributed by atoms with Gasteiger partial charge in [-0.2, -0.15) is 4.98 Å². The molecule has 0 saturated heterocycles. The Hall–Kier alpha value is -2.14. The first-order valence-electron chi connectivity index (χ1n) is 5.84. The first kappa shape index (κ1) is 12.3. The van der Waals surface area contributed by atoms with Crippen LogP contribution in [0.5, 0.6) is 5.88 Å². The summed E-state index contributed by atoms with van der Waals surface area (Å²) in [6, 6.07) is 9.46. The zero-order chi connectivity index (χ0) is 12.6. The van der Waals surface area contributed by atoms with Crippen molar-refractivity contribution in [3.63, 3.8) is 0 Å². The lowest BCUT2D eigenvalue weighted by Crippen LogP contribution is -2.09. The van der Waals surface area contributed by atoms with E-state index in [-0.39, 0.29) is 0 Å². The molecule has 3 N–H and O–H groups in total. The van der Waals surface area contributed by atoms with Crippen LogP contribution in [0.1, 0.15) is 12.0 Å². The molecular weight excluding hydrogens is 228 g/mol. The molecule has 2 aromatic rings. The minimum Gasteiger partial charge on any atom is -0.478 e. The smallest absolute Gasteiger partial charge is 0.215 e. The number of aromatic nitrogens is 2. The second kappa shape index (κ2) is 6.56. The number of anilines is 1. The lowest BCUT2D eigenvalue weighted by Gasteiger charge is -2.06. The number of hydrogen-bond donors (Lipinski definition) is 2. The number of nitrogen functional groups attached to an aromatic ring is 1. The highest BCUT2D eigenvalue weighted by Crippen LogP contribution is 2.11. The van der Waals surface area contributed by atoms with E-state index in [4.69, 9.17) is 10.6 Å². The number of ether oxygens (including phenoxy) is 1. The molecule has 0 amide bonds. The first-order chi connectivity index (χ1) is 8.88. The fraction of sp³-hybridized carbons (Fsp3) is 0.231. The van der Waals surface area contributed by atoms with Crippen molar-refractivity contribution in [2.45, 2.75) is 12.8 Å². The third-order valence-corrected chi connectivity index (χ3v) is 2.48. The van der Waals surface area contributed by atoms with Crippen molar-refractivity contribution >= 4 is 5.82 Å². The number of pyridine rings is 2. The van der Waals surface area contributed by atoms with Crippen LogP contribution in [-0.4, -0.2) is 16.6 Å². The Morgan fingerprint density at radius 2 is 2.00 bits per heavy atom. The Morgan fingerprint density at radius 1 is 1.17 bits per heavy atom. The van der Waals surface area contributed by atoms with Crippen LogP contribution in [0.25, 0.3) is 0 Å². The number of nitrogens with two attached hydrogens (primary N) is 1. The zero-order valence-corrected chi connectivity index (χ0v) is 10.0. The van der Waals surface area contributed by atoms with E-state index in [1.54, 1.807) is 18.5 Å². The van der Waals surface area contributed by atoms with Crippen LogP contribution >= 0.6 is 0 Å². The monoisotopic (exact) mass is 244 g/mol. The molecule has 0 aromatic carbocycles. The Balaban J connectivity index is 1.75. The Bertz CT molecular complexity index is 475. The summed E-state index contributed by atoms with van der Waals surface area (Å²) in [6.45, 7) is 0.628. The van der Waals surface area contributed by atoms with Gasteiger partial charge in [-0.3, -0.25) is 4.98 Å². The van der Waals surface area contributed by atoms with E-state index in [9.17, 15) is 0 Å². The number of nitrogens with zero attached hydrogens (tertiary/aromatic N) is 2. The highest BCUT2D eigenvalue weighted by Gasteiger charge is 1.98. The maximum atomic E-state index is 5.55. The van der Waals surface area contributed by atoms with Crippen LogP contribution < -0.4 is 16.0 Å². The summed E-state index contributed by atoms with van der Waals surface area (Å²) in [6.07, 6.45) is 5.51. The summed E-state index contributed by atoms with van der Waals surface area (Å²) in [5, 5.41) is 0. The van der Waals surface area contributed by atoms with Gasteiger partial charge in [-0.1, -0.05) is 6.07 Å². The molecule has 5 heteroatoms. The molecule has 94 valence electrons. The number of aryl methyl sites for hydroxylation is 1. The Labute approximate surface area is 106 Å². The van der Waals surface area contributed by atoms with E-state index in [1.807, 2.05) is 24.3 Å². The van der Waals surface area contributed by atoms with Crippen LogP contribution in [0.2, 0.25) is 0 Å². The lowest BCUT2D eigenvalue weighted by atomic mass is 10.1. The first-order valence-corrected chi connectivity index (χ1v) is 5.84. The molecule has 0 aliphatic carbocycles. The van der Waals surface area contributed by atoms with Gasteiger partial charge in [-0.15, -0.1) is 0 Å². The summed E-state index contributed by atoms with van der Waals surface area (Å²) >= 11 is 0. The normalized spacial score (nSPS) is 10.1. The quantitative estimate of drug-likeness (QED) is 0.460. The predicted molar refractivity (Wildman–Crippen MR) is 70.1 cm³/mol. The van der Waals surface area contributed by atoms with Crippen LogP contribution in [0, 0.1) is 0 Å². The minimum atomic E-state index is 0.583. The van der Waals surface area contributed by atoms with Gasteiger partial charge in [0.15, 0.2) is 0 Å². The SMILES string of the molecule is NNc1cccc(OCCCc2ccncc2)n1. The van der Waals surface area contributed by atoms with Gasteiger partial charge in [0, 0.05) is 18.5 Å². The van der Waals surface area contributed by atoms with Crippen LogP contribution in [0.4, 0.5) is 5.82 Å². The molecule has 0 bridgehead atoms. The lowest BCUT2D eigenvalue weighted by molar-refractivity contribution is 0.299. The largest absolute Gasteiger partial charge is 0.478 e. The van der Waals surface area contributed by atoms with Crippen molar-refractivity contribution in [1.29, 1.82) is 0 Å². The second-order valence-electron chi connectivity index (χ2n) is 3.81. The number of hydrazine groups is 1. The minimum absolute atomic E-state index is 0.583. The van der Waals surface area contributed by atoms with E-state index >= 15 is 0 Å². The van der Waals surface area contributed by atoms with E-state index in [1.165, 1.54) is 5.56 Å². The van der Waals surface area contributed by atoms with Crippen molar-refractivity contribution < 1.29 is 4.74 Å². The summed E-state index contributed by atoms with van der Waals surface area (Å²) in [5.41, 5.74) is 3.75. The fourth-order valence-electron chi connectivity index (χ4n) is 1.58. The van der Waals surface area contributed by atoms with Crippen molar-refractivity contribution in [3.05, 3.63) is 48.3 Å². The van der Waals surface area contributed by atoms with E-state index in [0.29, 0.717) is 18.3 Å². The molecule has 2 heterocycles. The second-order valence-corrected chi connectivity index (χ2v) is 3.81. The molecule has 0 aliphatic rings. The molecule has 0 spiro atoms. The maximum absolute atomic E-state index is 5.55. The zero-order valence-electron chi connectivity index (χ0n) is 10.0. The molecule has 0 atom stereocenters. The fourth-order valence-corrected chi connectivity index (χ4v) is 1.58. The van der Waals surface area contributed by atoms with Gasteiger partial charge in [-0.05, 0) is 36.6 Å². The third kappa shape index (κ3) is 3.71. The molecule has 2 aromatic heterocycles. The predicted octanol–water partition coefficient (Wildman–Crippen LogP) is 1.77. The van der Waals surface area contributed by atoms with Crippen molar-refractivity contribution in [3.8, 4) is 5.88 Å². The van der Waals surface area contributed by atoms with Crippen LogP contribution in [0.15, 0.2) is 42.7 Å². The van der Waals surface area contributed by atoms with E-state index in [0.717, 1.165) is 12.8 Å². The molecule has 5 nitrogen and oxygen atoms in total. The van der Waals surface area contributed by atoms with E-state index in [2.05, 4.69) is 15.4 Å². The third-order valence-electron chi connectivity index (χ3n) is 2.48. The van der Waals surface area contributed by atoms with Gasteiger partial charge >= 0.3 is 0 Å². The molecule has 0 aliphatic heterocycles. The molecule has 2 rings (SSSR count). The molecule has 0 radical (unpaired) electrons. The van der Waals surface area contributed by atoms with Gasteiger partial charge in [-0.25, -0.2) is 5.84 Å². The van der Waals surface area contributed by atoms with Gasteiger partial charge in [0.05, 0.1) is 6.61 Å². The van der Waals surface area contributed by atoms with Crippen molar-refractivity contribution in [2.75, 3.05) is 12.0 Å². The van der Waals surface area contributed by atoms with Crippen LogP contribution in [0.3, 0.4) is 0 Å². The number of hydrogen-bond acceptors (Lipinski definition) is 5. The van der Waals surface area contributed by atoms with Crippen LogP contribution in [-0.2, 0) is 6.42 Å². The molecule has 18 heavy (non-hydrogen) atoms. The molecule has 0 saturated carbocycles. The van der Waals surface area contributed by atoms with Gasteiger partial charge < -0.3 is 10.2 Å². The highest BCUT2D eigenvalue weighted by molar-refractivity contribution is 5.35. The molecule has 0 unspecified atom stereocenters.